The monoisotopic (exact) mass is 394 g/mol. The smallest absolute Gasteiger partial charge is 0.330 e. The lowest BCUT2D eigenvalue weighted by Gasteiger charge is -2.25. The third-order valence-corrected chi connectivity index (χ3v) is 5.27. The Morgan fingerprint density at radius 2 is 1.46 bits per heavy atom. The number of hydrogen-bond acceptors (Lipinski definition) is 4. The Morgan fingerprint density at radius 3 is 1.96 bits per heavy atom. The van der Waals surface area contributed by atoms with Crippen molar-refractivity contribution in [1.82, 2.24) is 0 Å². The molecule has 0 N–H and O–H groups in total. The van der Waals surface area contributed by atoms with E-state index in [0.717, 1.165) is 32.1 Å². The van der Waals surface area contributed by atoms with Gasteiger partial charge in [0.25, 0.3) is 0 Å². The van der Waals surface area contributed by atoms with Crippen LogP contribution in [0.25, 0.3) is 0 Å². The lowest BCUT2D eigenvalue weighted by molar-refractivity contribution is -0.148. The Balaban J connectivity index is 0.000000528. The van der Waals surface area contributed by atoms with Crippen LogP contribution in [0.15, 0.2) is 25.3 Å². The Bertz CT molecular complexity index is 452. The number of ether oxygens (including phenoxy) is 2. The van der Waals surface area contributed by atoms with Crippen LogP contribution in [0, 0.1) is 5.92 Å². The molecule has 1 aliphatic rings. The molecular formula is C24H42O4. The van der Waals surface area contributed by atoms with Crippen molar-refractivity contribution in [2.45, 2.75) is 103 Å². The summed E-state index contributed by atoms with van der Waals surface area (Å²) in [4.78, 5) is 21.8. The highest BCUT2D eigenvalue weighted by Crippen LogP contribution is 2.49. The second kappa shape index (κ2) is 16.4. The number of rotatable bonds is 15. The molecule has 4 heteroatoms. The maximum atomic E-state index is 11.2. The van der Waals surface area contributed by atoms with Crippen LogP contribution < -0.4 is 0 Å². The molecule has 162 valence electrons. The van der Waals surface area contributed by atoms with Crippen LogP contribution in [0.3, 0.4) is 0 Å². The van der Waals surface area contributed by atoms with Gasteiger partial charge >= 0.3 is 11.9 Å². The standard InChI is InChI=1S/C13H22O2.C11H20O2/c1-4-7-8-11(5-2)13(9-10-13)15-12(14)6-3;1-3-5-6-7-8-9-10-13-11(12)4-2/h6,11H,3-5,7-10H2,1-2H3;4H,2-3,5-10H2,1H3. The fraction of sp³-hybridized carbons (Fsp3) is 0.750. The summed E-state index contributed by atoms with van der Waals surface area (Å²) >= 11 is 0. The number of hydrogen-bond donors (Lipinski definition) is 0. The Kier molecular flexibility index (Phi) is 15.5. The van der Waals surface area contributed by atoms with Crippen LogP contribution in [-0.2, 0) is 19.1 Å². The number of unbranched alkanes of at least 4 members (excludes halogenated alkanes) is 6. The maximum Gasteiger partial charge on any atom is 0.330 e. The third kappa shape index (κ3) is 12.0. The van der Waals surface area contributed by atoms with Crippen LogP contribution >= 0.6 is 0 Å². The molecule has 0 spiro atoms. The predicted octanol–water partition coefficient (Wildman–Crippen LogP) is 6.54. The molecule has 0 aromatic carbocycles. The molecule has 1 unspecified atom stereocenters. The molecule has 0 heterocycles. The molecule has 0 amide bonds. The Morgan fingerprint density at radius 1 is 0.893 bits per heavy atom. The lowest BCUT2D eigenvalue weighted by atomic mass is 9.91. The van der Waals surface area contributed by atoms with Crippen molar-refractivity contribution in [3.63, 3.8) is 0 Å². The van der Waals surface area contributed by atoms with E-state index in [1.165, 1.54) is 57.1 Å². The summed E-state index contributed by atoms with van der Waals surface area (Å²) in [6.45, 7) is 13.9. The van der Waals surface area contributed by atoms with Crippen molar-refractivity contribution in [2.75, 3.05) is 6.61 Å². The van der Waals surface area contributed by atoms with Crippen molar-refractivity contribution in [3.05, 3.63) is 25.3 Å². The van der Waals surface area contributed by atoms with Gasteiger partial charge in [-0.1, -0.05) is 78.9 Å². The van der Waals surface area contributed by atoms with Gasteiger partial charge in [0.2, 0.25) is 0 Å². The molecule has 1 rings (SSSR count). The molecule has 0 aromatic rings. The molecule has 1 saturated carbocycles. The van der Waals surface area contributed by atoms with Gasteiger partial charge in [0.15, 0.2) is 0 Å². The molecule has 28 heavy (non-hydrogen) atoms. The zero-order valence-corrected chi connectivity index (χ0v) is 18.5. The first-order valence-corrected chi connectivity index (χ1v) is 11.1. The number of carbonyl (C=O) groups is 2. The van der Waals surface area contributed by atoms with Crippen LogP contribution in [-0.4, -0.2) is 24.1 Å². The largest absolute Gasteiger partial charge is 0.463 e. The second-order valence-corrected chi connectivity index (χ2v) is 7.58. The van der Waals surface area contributed by atoms with Crippen molar-refractivity contribution in [1.29, 1.82) is 0 Å². The van der Waals surface area contributed by atoms with E-state index in [1.807, 2.05) is 0 Å². The van der Waals surface area contributed by atoms with Crippen LogP contribution in [0.1, 0.15) is 97.8 Å². The van der Waals surface area contributed by atoms with Gasteiger partial charge in [-0.05, 0) is 38.0 Å². The average molecular weight is 395 g/mol. The molecule has 0 bridgehead atoms. The molecule has 0 aromatic heterocycles. The van der Waals surface area contributed by atoms with E-state index in [1.54, 1.807) is 0 Å². The van der Waals surface area contributed by atoms with Crippen molar-refractivity contribution >= 4 is 11.9 Å². The van der Waals surface area contributed by atoms with Crippen molar-refractivity contribution in [2.24, 2.45) is 5.92 Å². The quantitative estimate of drug-likeness (QED) is 0.180. The van der Waals surface area contributed by atoms with E-state index < -0.39 is 0 Å². The first kappa shape index (κ1) is 26.4. The highest BCUT2D eigenvalue weighted by molar-refractivity contribution is 5.82. The minimum atomic E-state index is -0.312. The summed E-state index contributed by atoms with van der Waals surface area (Å²) in [6.07, 6.45) is 16.5. The maximum absolute atomic E-state index is 11.2. The van der Waals surface area contributed by atoms with Gasteiger partial charge in [-0.2, -0.15) is 0 Å². The van der Waals surface area contributed by atoms with E-state index >= 15 is 0 Å². The van der Waals surface area contributed by atoms with Crippen molar-refractivity contribution in [3.8, 4) is 0 Å². The molecule has 1 fully saturated rings. The Labute approximate surface area is 172 Å². The van der Waals surface area contributed by atoms with E-state index in [4.69, 9.17) is 9.47 Å². The van der Waals surface area contributed by atoms with Crippen LogP contribution in [0.5, 0.6) is 0 Å². The molecular weight excluding hydrogens is 352 g/mol. The fourth-order valence-electron chi connectivity index (χ4n) is 3.36. The second-order valence-electron chi connectivity index (χ2n) is 7.58. The van der Waals surface area contributed by atoms with Gasteiger partial charge in [0.1, 0.15) is 5.60 Å². The van der Waals surface area contributed by atoms with E-state index in [-0.39, 0.29) is 17.5 Å². The first-order chi connectivity index (χ1) is 13.5. The van der Waals surface area contributed by atoms with E-state index in [2.05, 4.69) is 33.9 Å². The van der Waals surface area contributed by atoms with Gasteiger partial charge in [-0.3, -0.25) is 0 Å². The van der Waals surface area contributed by atoms with Crippen LogP contribution in [0.2, 0.25) is 0 Å². The van der Waals surface area contributed by atoms with Gasteiger partial charge < -0.3 is 9.47 Å². The zero-order chi connectivity index (χ0) is 21.3. The normalized spacial score (nSPS) is 14.8. The summed E-state index contributed by atoms with van der Waals surface area (Å²) < 4.78 is 10.3. The minimum absolute atomic E-state index is 0.130. The molecule has 1 atom stereocenters. The zero-order valence-electron chi connectivity index (χ0n) is 18.5. The predicted molar refractivity (Wildman–Crippen MR) is 116 cm³/mol. The molecule has 0 radical (unpaired) electrons. The molecule has 4 nitrogen and oxygen atoms in total. The topological polar surface area (TPSA) is 52.6 Å². The van der Waals surface area contributed by atoms with Crippen molar-refractivity contribution < 1.29 is 19.1 Å². The van der Waals surface area contributed by atoms with E-state index in [0.29, 0.717) is 12.5 Å². The lowest BCUT2D eigenvalue weighted by Crippen LogP contribution is -2.28. The average Bonchev–Trinajstić information content (AvgIpc) is 3.48. The summed E-state index contributed by atoms with van der Waals surface area (Å²) in [7, 11) is 0. The summed E-state index contributed by atoms with van der Waals surface area (Å²) in [5, 5.41) is 0. The SMILES string of the molecule is C=CC(=O)OC1(C(CC)CCCC)CC1.C=CC(=O)OCCCCCCCC. The Hall–Kier alpha value is -1.58. The third-order valence-electron chi connectivity index (χ3n) is 5.27. The highest BCUT2D eigenvalue weighted by Gasteiger charge is 2.51. The number of esters is 2. The van der Waals surface area contributed by atoms with Gasteiger partial charge in [0.05, 0.1) is 6.61 Å². The molecule has 0 saturated heterocycles. The first-order valence-electron chi connectivity index (χ1n) is 11.1. The highest BCUT2D eigenvalue weighted by atomic mass is 16.6. The molecule has 0 aliphatic heterocycles. The fourth-order valence-corrected chi connectivity index (χ4v) is 3.36. The molecule has 1 aliphatic carbocycles. The summed E-state index contributed by atoms with van der Waals surface area (Å²) in [5.41, 5.74) is -0.130. The number of carbonyl (C=O) groups excluding carboxylic acids is 2. The van der Waals surface area contributed by atoms with E-state index in [9.17, 15) is 9.59 Å². The van der Waals surface area contributed by atoms with Gasteiger partial charge in [0, 0.05) is 12.2 Å². The minimum Gasteiger partial charge on any atom is -0.463 e. The van der Waals surface area contributed by atoms with Gasteiger partial charge in [-0.15, -0.1) is 0 Å². The summed E-state index contributed by atoms with van der Waals surface area (Å²) in [6, 6.07) is 0. The van der Waals surface area contributed by atoms with Crippen LogP contribution in [0.4, 0.5) is 0 Å². The van der Waals surface area contributed by atoms with Gasteiger partial charge in [-0.25, -0.2) is 9.59 Å². The summed E-state index contributed by atoms with van der Waals surface area (Å²) in [5.74, 6) is -0.0302.